The Morgan fingerprint density at radius 2 is 1.49 bits per heavy atom. The lowest BCUT2D eigenvalue weighted by atomic mass is 9.83. The first kappa shape index (κ1) is 22.7. The van der Waals surface area contributed by atoms with E-state index < -0.39 is 0 Å². The van der Waals surface area contributed by atoms with E-state index in [1.54, 1.807) is 0 Å². The van der Waals surface area contributed by atoms with Gasteiger partial charge in [-0.25, -0.2) is 4.79 Å². The van der Waals surface area contributed by atoms with Crippen molar-refractivity contribution in [3.63, 3.8) is 0 Å². The van der Waals surface area contributed by atoms with Crippen LogP contribution in [0.4, 0.5) is 4.79 Å². The maximum atomic E-state index is 13.6. The lowest BCUT2D eigenvalue weighted by Gasteiger charge is -2.44. The van der Waals surface area contributed by atoms with Crippen LogP contribution in [0.3, 0.4) is 0 Å². The summed E-state index contributed by atoms with van der Waals surface area (Å²) in [6.45, 7) is 0.359. The van der Waals surface area contributed by atoms with Crippen LogP contribution in [0.5, 0.6) is 0 Å². The molecule has 8 rings (SSSR count). The predicted molar refractivity (Wildman–Crippen MR) is 155 cm³/mol. The zero-order valence-corrected chi connectivity index (χ0v) is 21.7. The van der Waals surface area contributed by atoms with Gasteiger partial charge in [0.15, 0.2) is 0 Å². The van der Waals surface area contributed by atoms with Gasteiger partial charge in [-0.3, -0.25) is 4.90 Å². The number of benzene rings is 4. The molecule has 2 aliphatic heterocycles. The molecule has 39 heavy (non-hydrogen) atoms. The lowest BCUT2D eigenvalue weighted by Crippen LogP contribution is -2.51. The van der Waals surface area contributed by atoms with Gasteiger partial charge in [0.2, 0.25) is 0 Å². The first-order valence-electron chi connectivity index (χ1n) is 14.0. The number of ether oxygens (including phenoxy) is 1. The van der Waals surface area contributed by atoms with Gasteiger partial charge in [-0.05, 0) is 59.6 Å². The van der Waals surface area contributed by atoms with Gasteiger partial charge in [-0.15, -0.1) is 0 Å². The zero-order chi connectivity index (χ0) is 25.9. The minimum Gasteiger partial charge on any atom is -0.455 e. The molecule has 4 heteroatoms. The Bertz CT molecular complexity index is 1730. The molecule has 3 aliphatic rings. The molecule has 0 spiro atoms. The summed E-state index contributed by atoms with van der Waals surface area (Å²) in [5, 5.41) is 2.29. The van der Waals surface area contributed by atoms with Crippen LogP contribution in [0, 0.1) is 0 Å². The fourth-order valence-electron chi connectivity index (χ4n) is 7.18. The average molecular weight is 512 g/mol. The van der Waals surface area contributed by atoms with Crippen molar-refractivity contribution in [2.75, 3.05) is 6.61 Å². The van der Waals surface area contributed by atoms with Crippen molar-refractivity contribution in [2.45, 2.75) is 43.7 Å². The van der Waals surface area contributed by atoms with Crippen LogP contribution in [0.15, 0.2) is 101 Å². The maximum Gasteiger partial charge on any atom is 0.410 e. The molecule has 1 aliphatic carbocycles. The molecular formula is C35H29NO3. The Morgan fingerprint density at radius 1 is 0.795 bits per heavy atom. The van der Waals surface area contributed by atoms with Crippen molar-refractivity contribution in [1.29, 1.82) is 0 Å². The molecule has 2 bridgehead atoms. The van der Waals surface area contributed by atoms with E-state index in [0.29, 0.717) is 6.61 Å². The topological polar surface area (TPSA) is 42.7 Å². The summed E-state index contributed by atoms with van der Waals surface area (Å²) < 4.78 is 12.4. The molecule has 0 saturated carbocycles. The van der Waals surface area contributed by atoms with Crippen LogP contribution in [0.1, 0.15) is 48.3 Å². The third kappa shape index (κ3) is 3.55. The van der Waals surface area contributed by atoms with Crippen LogP contribution >= 0.6 is 0 Å². The number of furan rings is 1. The monoisotopic (exact) mass is 511 g/mol. The number of piperidine rings is 1. The molecule has 1 saturated heterocycles. The van der Waals surface area contributed by atoms with Crippen LogP contribution in [0.2, 0.25) is 0 Å². The van der Waals surface area contributed by atoms with Gasteiger partial charge in [0.25, 0.3) is 0 Å². The van der Waals surface area contributed by atoms with Gasteiger partial charge in [0.05, 0.1) is 6.04 Å². The second kappa shape index (κ2) is 8.88. The number of fused-ring (bicyclic) bond motifs is 8. The van der Waals surface area contributed by atoms with Crippen LogP contribution in [-0.4, -0.2) is 29.7 Å². The van der Waals surface area contributed by atoms with Gasteiger partial charge < -0.3 is 9.15 Å². The van der Waals surface area contributed by atoms with Crippen molar-refractivity contribution in [3.8, 4) is 11.1 Å². The largest absolute Gasteiger partial charge is 0.455 e. The number of nitrogens with zero attached hydrogens (tertiary/aromatic N) is 1. The second-order valence-corrected chi connectivity index (χ2v) is 11.0. The van der Waals surface area contributed by atoms with Gasteiger partial charge in [0, 0.05) is 28.3 Å². The fraction of sp³-hybridized carbons (Fsp3) is 0.229. The highest BCUT2D eigenvalue weighted by molar-refractivity contribution is 6.08. The summed E-state index contributed by atoms with van der Waals surface area (Å²) in [6, 6.07) is 31.8. The highest BCUT2D eigenvalue weighted by Gasteiger charge is 2.39. The van der Waals surface area contributed by atoms with E-state index in [1.807, 2.05) is 17.0 Å². The van der Waals surface area contributed by atoms with Crippen molar-refractivity contribution in [3.05, 3.63) is 114 Å². The molecule has 4 nitrogen and oxygen atoms in total. The smallest absolute Gasteiger partial charge is 0.410 e. The third-order valence-electron chi connectivity index (χ3n) is 8.93. The van der Waals surface area contributed by atoms with E-state index in [2.05, 4.69) is 84.9 Å². The standard InChI is InChI=1S/C35H29NO3/c37-35(38-21-32-28-13-3-1-11-26(28)27-12-2-4-14-29(27)32)36-23-9-7-10-24(36)20-22(19-23)25-16-8-17-31-30-15-5-6-18-33(30)39-34(25)31/h1-6,8,11-19,23-24,32H,7,9-10,20-21H2. The first-order valence-corrected chi connectivity index (χ1v) is 14.0. The van der Waals surface area contributed by atoms with Crippen LogP contribution in [-0.2, 0) is 4.74 Å². The van der Waals surface area contributed by atoms with Crippen molar-refractivity contribution < 1.29 is 13.9 Å². The quantitative estimate of drug-likeness (QED) is 0.244. The van der Waals surface area contributed by atoms with E-state index >= 15 is 0 Å². The van der Waals surface area contributed by atoms with Crippen LogP contribution in [0.25, 0.3) is 38.6 Å². The van der Waals surface area contributed by atoms with E-state index in [0.717, 1.165) is 53.2 Å². The summed E-state index contributed by atoms with van der Waals surface area (Å²) in [6.07, 6.45) is 6.00. The Hall–Kier alpha value is -4.31. The maximum absolute atomic E-state index is 13.6. The SMILES string of the molecule is O=C(OCC1c2ccccc2-c2ccccc21)N1C2C=C(c3cccc4c3oc3ccccc34)CC1CCC2. The molecule has 2 unspecified atom stereocenters. The van der Waals surface area contributed by atoms with Gasteiger partial charge in [-0.2, -0.15) is 0 Å². The average Bonchev–Trinajstić information content (AvgIpc) is 3.51. The molecule has 2 atom stereocenters. The number of para-hydroxylation sites is 2. The molecule has 1 fully saturated rings. The first-order chi connectivity index (χ1) is 19.3. The minimum absolute atomic E-state index is 0.0442. The third-order valence-corrected chi connectivity index (χ3v) is 8.93. The Morgan fingerprint density at radius 3 is 2.28 bits per heavy atom. The molecule has 192 valence electrons. The highest BCUT2D eigenvalue weighted by Crippen LogP contribution is 2.45. The molecule has 1 aromatic heterocycles. The molecule has 1 amide bonds. The normalized spacial score (nSPS) is 20.1. The summed E-state index contributed by atoms with van der Waals surface area (Å²) in [5.74, 6) is 0.0720. The molecule has 3 heterocycles. The minimum atomic E-state index is -0.191. The number of carbonyl (C=O) groups excluding carboxylic acids is 1. The number of carbonyl (C=O) groups is 1. The summed E-state index contributed by atoms with van der Waals surface area (Å²) in [4.78, 5) is 15.6. The van der Waals surface area contributed by atoms with E-state index in [1.165, 1.54) is 27.8 Å². The lowest BCUT2D eigenvalue weighted by molar-refractivity contribution is 0.0539. The molecular weight excluding hydrogens is 482 g/mol. The molecule has 0 N–H and O–H groups in total. The Labute approximate surface area is 227 Å². The van der Waals surface area contributed by atoms with Crippen molar-refractivity contribution in [2.24, 2.45) is 0 Å². The van der Waals surface area contributed by atoms with E-state index in [4.69, 9.17) is 9.15 Å². The Balaban J connectivity index is 1.08. The predicted octanol–water partition coefficient (Wildman–Crippen LogP) is 8.55. The molecule has 5 aromatic rings. The summed E-state index contributed by atoms with van der Waals surface area (Å²) in [5.41, 5.74) is 9.25. The summed E-state index contributed by atoms with van der Waals surface area (Å²) in [7, 11) is 0. The highest BCUT2D eigenvalue weighted by atomic mass is 16.6. The zero-order valence-electron chi connectivity index (χ0n) is 21.7. The number of hydrogen-bond acceptors (Lipinski definition) is 3. The van der Waals surface area contributed by atoms with Gasteiger partial charge in [-0.1, -0.05) is 91.0 Å². The van der Waals surface area contributed by atoms with Crippen LogP contribution < -0.4 is 0 Å². The van der Waals surface area contributed by atoms with E-state index in [9.17, 15) is 4.79 Å². The Kier molecular flexibility index (Phi) is 5.16. The fourth-order valence-corrected chi connectivity index (χ4v) is 7.18. The second-order valence-electron chi connectivity index (χ2n) is 11.0. The van der Waals surface area contributed by atoms with Gasteiger partial charge >= 0.3 is 6.09 Å². The number of hydrogen-bond donors (Lipinski definition) is 0. The molecule has 0 radical (unpaired) electrons. The number of rotatable bonds is 3. The summed E-state index contributed by atoms with van der Waals surface area (Å²) >= 11 is 0. The van der Waals surface area contributed by atoms with Gasteiger partial charge in [0.1, 0.15) is 17.8 Å². The van der Waals surface area contributed by atoms with E-state index in [-0.39, 0.29) is 24.1 Å². The van der Waals surface area contributed by atoms with Crippen molar-refractivity contribution in [1.82, 2.24) is 4.90 Å². The molecule has 4 aromatic carbocycles. The number of amides is 1. The van der Waals surface area contributed by atoms with Crippen molar-refractivity contribution >= 4 is 33.6 Å².